The highest BCUT2D eigenvalue weighted by atomic mass is 16.6. The van der Waals surface area contributed by atoms with Crippen molar-refractivity contribution >= 4 is 38.1 Å². The number of nitro groups is 1. The zero-order valence-corrected chi connectivity index (χ0v) is 18.8. The number of aromatic nitrogens is 2. The van der Waals surface area contributed by atoms with Crippen molar-refractivity contribution in [2.75, 3.05) is 0 Å². The summed E-state index contributed by atoms with van der Waals surface area (Å²) in [6, 6.07) is 33.7. The Bertz CT molecular complexity index is 1720. The van der Waals surface area contributed by atoms with Crippen LogP contribution < -0.4 is 4.74 Å². The molecule has 0 radical (unpaired) electrons. The first-order valence-corrected chi connectivity index (χ1v) is 11.4. The van der Waals surface area contributed by atoms with Crippen molar-refractivity contribution < 1.29 is 9.66 Å². The summed E-state index contributed by atoms with van der Waals surface area (Å²) in [5.74, 6) is 0.387. The molecule has 0 aliphatic carbocycles. The van der Waals surface area contributed by atoms with Gasteiger partial charge in [0.1, 0.15) is 6.61 Å². The summed E-state index contributed by atoms with van der Waals surface area (Å²) in [7, 11) is 0. The van der Waals surface area contributed by atoms with E-state index in [-0.39, 0.29) is 5.69 Å². The van der Waals surface area contributed by atoms with E-state index in [1.807, 2.05) is 35.0 Å². The molecule has 0 fully saturated rings. The lowest BCUT2D eigenvalue weighted by molar-refractivity contribution is -0.384. The molecule has 1 aromatic heterocycles. The van der Waals surface area contributed by atoms with E-state index < -0.39 is 4.92 Å². The topological polar surface area (TPSA) is 70.2 Å². The minimum Gasteiger partial charge on any atom is -0.471 e. The molecule has 0 unspecified atom stereocenters. The molecule has 6 rings (SSSR count). The number of nitrogens with zero attached hydrogens (tertiary/aromatic N) is 3. The standard InChI is InChI=1S/C29H21N3O3/c33-32(34)26-13-14-28-27(17-26)29(35-19-21-10-12-23-6-2-4-8-25(23)16-21)30-31(28)18-20-9-11-22-5-1-3-7-24(22)15-20/h1-17H,18-19H2. The Morgan fingerprint density at radius 2 is 1.37 bits per heavy atom. The fraction of sp³-hybridized carbons (Fsp3) is 0.0690. The molecule has 0 saturated heterocycles. The zero-order valence-electron chi connectivity index (χ0n) is 18.8. The second-order valence-electron chi connectivity index (χ2n) is 8.57. The monoisotopic (exact) mass is 459 g/mol. The van der Waals surface area contributed by atoms with Gasteiger partial charge in [-0.15, -0.1) is 5.10 Å². The SMILES string of the molecule is O=[N+]([O-])c1ccc2c(c1)c(OCc1ccc3ccccc3c1)nn2Cc1ccc2ccccc2c1. The van der Waals surface area contributed by atoms with Gasteiger partial charge < -0.3 is 4.74 Å². The molecule has 0 aliphatic heterocycles. The third-order valence-corrected chi connectivity index (χ3v) is 6.25. The van der Waals surface area contributed by atoms with Crippen molar-refractivity contribution in [3.05, 3.63) is 124 Å². The van der Waals surface area contributed by atoms with Crippen molar-refractivity contribution in [1.82, 2.24) is 9.78 Å². The molecule has 0 N–H and O–H groups in total. The Labute approximate surface area is 201 Å². The van der Waals surface area contributed by atoms with Crippen molar-refractivity contribution in [2.24, 2.45) is 0 Å². The molecule has 6 nitrogen and oxygen atoms in total. The molecule has 0 bridgehead atoms. The number of hydrogen-bond donors (Lipinski definition) is 0. The van der Waals surface area contributed by atoms with E-state index in [2.05, 4.69) is 54.6 Å². The van der Waals surface area contributed by atoms with Gasteiger partial charge in [0.15, 0.2) is 0 Å². The van der Waals surface area contributed by atoms with Crippen LogP contribution in [0, 0.1) is 10.1 Å². The number of hydrogen-bond acceptors (Lipinski definition) is 4. The Kier molecular flexibility index (Phi) is 5.11. The molecule has 35 heavy (non-hydrogen) atoms. The first-order valence-electron chi connectivity index (χ1n) is 11.4. The highest BCUT2D eigenvalue weighted by Crippen LogP contribution is 2.30. The predicted molar refractivity (Wildman–Crippen MR) is 138 cm³/mol. The zero-order chi connectivity index (χ0) is 23.8. The van der Waals surface area contributed by atoms with Crippen molar-refractivity contribution in [3.63, 3.8) is 0 Å². The van der Waals surface area contributed by atoms with Crippen LogP contribution in [0.5, 0.6) is 5.88 Å². The van der Waals surface area contributed by atoms with Crippen LogP contribution in [-0.4, -0.2) is 14.7 Å². The fourth-order valence-corrected chi connectivity index (χ4v) is 4.47. The van der Waals surface area contributed by atoms with Gasteiger partial charge in [-0.25, -0.2) is 0 Å². The van der Waals surface area contributed by atoms with E-state index in [1.54, 1.807) is 6.07 Å². The highest BCUT2D eigenvalue weighted by Gasteiger charge is 2.17. The van der Waals surface area contributed by atoms with Gasteiger partial charge in [-0.1, -0.05) is 72.8 Å². The first kappa shape index (κ1) is 20.9. The molecule has 170 valence electrons. The lowest BCUT2D eigenvalue weighted by Crippen LogP contribution is -2.02. The van der Waals surface area contributed by atoms with Crippen LogP contribution in [0.2, 0.25) is 0 Å². The average Bonchev–Trinajstić information content (AvgIpc) is 3.23. The van der Waals surface area contributed by atoms with Gasteiger partial charge >= 0.3 is 0 Å². The second-order valence-corrected chi connectivity index (χ2v) is 8.57. The van der Waals surface area contributed by atoms with Crippen LogP contribution in [0.1, 0.15) is 11.1 Å². The maximum atomic E-state index is 11.4. The Morgan fingerprint density at radius 1 is 0.743 bits per heavy atom. The number of rotatable bonds is 6. The van der Waals surface area contributed by atoms with Gasteiger partial charge in [0.2, 0.25) is 5.88 Å². The summed E-state index contributed by atoms with van der Waals surface area (Å²) in [4.78, 5) is 11.0. The van der Waals surface area contributed by atoms with E-state index in [9.17, 15) is 10.1 Å². The molecule has 5 aromatic carbocycles. The fourth-order valence-electron chi connectivity index (χ4n) is 4.47. The summed E-state index contributed by atoms with van der Waals surface area (Å²) in [6.45, 7) is 0.841. The van der Waals surface area contributed by atoms with Crippen LogP contribution in [0.4, 0.5) is 5.69 Å². The molecule has 6 aromatic rings. The third-order valence-electron chi connectivity index (χ3n) is 6.25. The predicted octanol–water partition coefficient (Wildman–Crippen LogP) is 6.88. The summed E-state index contributed by atoms with van der Waals surface area (Å²) in [6.07, 6.45) is 0. The van der Waals surface area contributed by atoms with Crippen molar-refractivity contribution in [3.8, 4) is 5.88 Å². The average molecular weight is 460 g/mol. The number of benzene rings is 5. The number of non-ortho nitro benzene ring substituents is 1. The Hall–Kier alpha value is -4.71. The molecular weight excluding hydrogens is 438 g/mol. The number of ether oxygens (including phenoxy) is 1. The molecular formula is C29H21N3O3. The minimum absolute atomic E-state index is 0.0123. The summed E-state index contributed by atoms with van der Waals surface area (Å²) in [5, 5.41) is 21.4. The van der Waals surface area contributed by atoms with E-state index in [1.165, 1.54) is 17.5 Å². The van der Waals surface area contributed by atoms with Crippen LogP contribution in [-0.2, 0) is 13.2 Å². The van der Waals surface area contributed by atoms with E-state index >= 15 is 0 Å². The Balaban J connectivity index is 1.35. The van der Waals surface area contributed by atoms with Crippen molar-refractivity contribution in [2.45, 2.75) is 13.2 Å². The molecule has 0 atom stereocenters. The molecule has 1 heterocycles. The number of nitro benzene ring substituents is 1. The quantitative estimate of drug-likeness (QED) is 0.201. The van der Waals surface area contributed by atoms with Crippen LogP contribution in [0.15, 0.2) is 103 Å². The van der Waals surface area contributed by atoms with Gasteiger partial charge in [-0.05, 0) is 50.9 Å². The summed E-state index contributed by atoms with van der Waals surface area (Å²) in [5.41, 5.74) is 2.90. The van der Waals surface area contributed by atoms with E-state index in [0.717, 1.165) is 32.8 Å². The Morgan fingerprint density at radius 3 is 2.06 bits per heavy atom. The maximum Gasteiger partial charge on any atom is 0.270 e. The second kappa shape index (κ2) is 8.57. The highest BCUT2D eigenvalue weighted by molar-refractivity contribution is 5.87. The van der Waals surface area contributed by atoms with Gasteiger partial charge in [-0.3, -0.25) is 14.8 Å². The largest absolute Gasteiger partial charge is 0.471 e. The number of fused-ring (bicyclic) bond motifs is 3. The van der Waals surface area contributed by atoms with Crippen LogP contribution in [0.3, 0.4) is 0 Å². The van der Waals surface area contributed by atoms with Crippen LogP contribution in [0.25, 0.3) is 32.4 Å². The molecule has 6 heteroatoms. The smallest absolute Gasteiger partial charge is 0.270 e. The summed E-state index contributed by atoms with van der Waals surface area (Å²) >= 11 is 0. The van der Waals surface area contributed by atoms with Gasteiger partial charge in [-0.2, -0.15) is 0 Å². The minimum atomic E-state index is -0.396. The van der Waals surface area contributed by atoms with Crippen molar-refractivity contribution in [1.29, 1.82) is 0 Å². The van der Waals surface area contributed by atoms with Gasteiger partial charge in [0, 0.05) is 12.1 Å². The van der Waals surface area contributed by atoms with Gasteiger partial charge in [0.25, 0.3) is 5.69 Å². The lowest BCUT2D eigenvalue weighted by Gasteiger charge is -2.06. The lowest BCUT2D eigenvalue weighted by atomic mass is 10.1. The first-order chi connectivity index (χ1) is 17.1. The normalized spacial score (nSPS) is 11.3. The molecule has 0 amide bonds. The van der Waals surface area contributed by atoms with E-state index in [4.69, 9.17) is 9.84 Å². The summed E-state index contributed by atoms with van der Waals surface area (Å²) < 4.78 is 7.97. The van der Waals surface area contributed by atoms with Crippen LogP contribution >= 0.6 is 0 Å². The van der Waals surface area contributed by atoms with E-state index in [0.29, 0.717) is 24.4 Å². The van der Waals surface area contributed by atoms with Gasteiger partial charge in [0.05, 0.1) is 22.4 Å². The molecule has 0 aliphatic rings. The molecule has 0 spiro atoms. The third kappa shape index (κ3) is 4.06. The molecule has 0 saturated carbocycles. The maximum absolute atomic E-state index is 11.4.